The van der Waals surface area contributed by atoms with Gasteiger partial charge in [-0.05, 0) is 6.07 Å². The van der Waals surface area contributed by atoms with E-state index in [1.54, 1.807) is 0 Å². The summed E-state index contributed by atoms with van der Waals surface area (Å²) in [7, 11) is 1.15. The first-order chi connectivity index (χ1) is 6.93. The second kappa shape index (κ2) is 3.91. The van der Waals surface area contributed by atoms with E-state index in [1.165, 1.54) is 0 Å². The number of nitro groups is 1. The Morgan fingerprint density at radius 1 is 1.60 bits per heavy atom. The summed E-state index contributed by atoms with van der Waals surface area (Å²) in [6, 6.07) is 2.76. The van der Waals surface area contributed by atoms with Crippen LogP contribution in [0.4, 0.5) is 20.6 Å². The lowest BCUT2D eigenvalue weighted by atomic mass is 10.2. The normalized spacial score (nSPS) is 9.73. The van der Waals surface area contributed by atoms with Gasteiger partial charge < -0.3 is 5.11 Å². The molecule has 6 nitrogen and oxygen atoms in total. The van der Waals surface area contributed by atoms with Crippen molar-refractivity contribution in [3.8, 4) is 0 Å². The van der Waals surface area contributed by atoms with Gasteiger partial charge in [0.2, 0.25) is 0 Å². The van der Waals surface area contributed by atoms with E-state index in [9.17, 15) is 19.3 Å². The monoisotopic (exact) mass is 214 g/mol. The van der Waals surface area contributed by atoms with E-state index in [4.69, 9.17) is 5.11 Å². The summed E-state index contributed by atoms with van der Waals surface area (Å²) in [6.07, 6.45) is -1.34. The molecule has 0 aliphatic carbocycles. The molecule has 0 fully saturated rings. The molecule has 1 amide bonds. The third-order valence-corrected chi connectivity index (χ3v) is 1.79. The smallest absolute Gasteiger partial charge is 0.411 e. The molecule has 0 bridgehead atoms. The number of rotatable bonds is 2. The molecule has 1 N–H and O–H groups in total. The number of carbonyl (C=O) groups is 1. The Bertz CT molecular complexity index is 421. The number of halogens is 1. The van der Waals surface area contributed by atoms with Crippen molar-refractivity contribution in [2.75, 3.05) is 11.9 Å². The molecule has 0 aromatic heterocycles. The maximum Gasteiger partial charge on any atom is 0.411 e. The molecule has 1 aromatic carbocycles. The number of hydrogen-bond acceptors (Lipinski definition) is 3. The van der Waals surface area contributed by atoms with E-state index in [0.29, 0.717) is 11.0 Å². The molecular formula is C8H7FN2O4. The van der Waals surface area contributed by atoms with Gasteiger partial charge in [0.1, 0.15) is 0 Å². The topological polar surface area (TPSA) is 83.7 Å². The Labute approximate surface area is 83.7 Å². The summed E-state index contributed by atoms with van der Waals surface area (Å²) >= 11 is 0. The molecule has 7 heteroatoms. The van der Waals surface area contributed by atoms with Crippen LogP contribution in [0.3, 0.4) is 0 Å². The van der Waals surface area contributed by atoms with Gasteiger partial charge in [-0.1, -0.05) is 0 Å². The number of nitro benzene ring substituents is 1. The average molecular weight is 214 g/mol. The number of anilines is 1. The van der Waals surface area contributed by atoms with Crippen molar-refractivity contribution >= 4 is 17.5 Å². The fourth-order valence-electron chi connectivity index (χ4n) is 0.984. The van der Waals surface area contributed by atoms with E-state index in [-0.39, 0.29) is 5.69 Å². The second-order valence-electron chi connectivity index (χ2n) is 2.73. The van der Waals surface area contributed by atoms with Crippen LogP contribution < -0.4 is 4.90 Å². The third-order valence-electron chi connectivity index (χ3n) is 1.79. The molecule has 0 saturated carbocycles. The SMILES string of the molecule is CN(C(=O)O)c1ccc([N+](=O)[O-])cc1F. The van der Waals surface area contributed by atoms with Crippen molar-refractivity contribution in [2.45, 2.75) is 0 Å². The lowest BCUT2D eigenvalue weighted by molar-refractivity contribution is -0.385. The van der Waals surface area contributed by atoms with E-state index < -0.39 is 22.5 Å². The van der Waals surface area contributed by atoms with E-state index in [2.05, 4.69) is 0 Å². The van der Waals surface area contributed by atoms with Crippen molar-refractivity contribution in [1.29, 1.82) is 0 Å². The van der Waals surface area contributed by atoms with E-state index in [1.807, 2.05) is 0 Å². The Balaban J connectivity index is 3.13. The average Bonchev–Trinajstić information content (AvgIpc) is 2.16. The Hall–Kier alpha value is -2.18. The minimum atomic E-state index is -1.34. The quantitative estimate of drug-likeness (QED) is 0.601. The minimum absolute atomic E-state index is 0.229. The van der Waals surface area contributed by atoms with Gasteiger partial charge in [0.25, 0.3) is 5.69 Å². The summed E-state index contributed by atoms with van der Waals surface area (Å²) in [5.74, 6) is -0.950. The van der Waals surface area contributed by atoms with Gasteiger partial charge in [-0.3, -0.25) is 15.0 Å². The Kier molecular flexibility index (Phi) is 2.84. The zero-order chi connectivity index (χ0) is 11.6. The molecule has 15 heavy (non-hydrogen) atoms. The van der Waals surface area contributed by atoms with Gasteiger partial charge in [-0.25, -0.2) is 9.18 Å². The summed E-state index contributed by atoms with van der Waals surface area (Å²) in [5, 5.41) is 18.8. The largest absolute Gasteiger partial charge is 0.465 e. The van der Waals surface area contributed by atoms with Crippen LogP contribution in [0, 0.1) is 15.9 Å². The standard InChI is InChI=1S/C8H7FN2O4/c1-10(8(12)13)7-3-2-5(11(14)15)4-6(7)9/h2-4H,1H3,(H,12,13). The van der Waals surface area contributed by atoms with Crippen molar-refractivity contribution < 1.29 is 19.2 Å². The highest BCUT2D eigenvalue weighted by Crippen LogP contribution is 2.23. The molecular weight excluding hydrogens is 207 g/mol. The van der Waals surface area contributed by atoms with Gasteiger partial charge in [-0.15, -0.1) is 0 Å². The lowest BCUT2D eigenvalue weighted by Crippen LogP contribution is -2.24. The number of nitrogens with zero attached hydrogens (tertiary/aromatic N) is 2. The molecule has 0 spiro atoms. The predicted octanol–water partition coefficient (Wildman–Crippen LogP) is 1.85. The number of non-ortho nitro benzene ring substituents is 1. The molecule has 80 valence electrons. The first-order valence-electron chi connectivity index (χ1n) is 3.84. The molecule has 0 aliphatic heterocycles. The molecule has 1 aromatic rings. The summed E-state index contributed by atoms with van der Waals surface area (Å²) < 4.78 is 13.2. The van der Waals surface area contributed by atoms with Gasteiger partial charge in [-0.2, -0.15) is 0 Å². The van der Waals surface area contributed by atoms with Gasteiger partial charge in [0, 0.05) is 13.1 Å². The second-order valence-corrected chi connectivity index (χ2v) is 2.73. The van der Waals surface area contributed by atoms with Crippen LogP contribution in [0.5, 0.6) is 0 Å². The fourth-order valence-corrected chi connectivity index (χ4v) is 0.984. The molecule has 0 radical (unpaired) electrons. The van der Waals surface area contributed by atoms with Crippen LogP contribution in [0.2, 0.25) is 0 Å². The summed E-state index contributed by atoms with van der Waals surface area (Å²) in [6.45, 7) is 0. The molecule has 0 aliphatic rings. The maximum absolute atomic E-state index is 13.2. The van der Waals surface area contributed by atoms with Crippen LogP contribution in [-0.2, 0) is 0 Å². The Morgan fingerprint density at radius 2 is 2.20 bits per heavy atom. The minimum Gasteiger partial charge on any atom is -0.465 e. The number of amides is 1. The van der Waals surface area contributed by atoms with Crippen molar-refractivity contribution in [1.82, 2.24) is 0 Å². The molecule has 1 rings (SSSR count). The molecule has 0 saturated heterocycles. The summed E-state index contributed by atoms with van der Waals surface area (Å²) in [4.78, 5) is 20.7. The van der Waals surface area contributed by atoms with Gasteiger partial charge in [0.15, 0.2) is 5.82 Å². The molecule has 0 unspecified atom stereocenters. The zero-order valence-corrected chi connectivity index (χ0v) is 7.68. The van der Waals surface area contributed by atoms with Crippen LogP contribution in [0.15, 0.2) is 18.2 Å². The first-order valence-corrected chi connectivity index (χ1v) is 3.84. The van der Waals surface area contributed by atoms with Crippen LogP contribution in [-0.4, -0.2) is 23.2 Å². The molecule has 0 heterocycles. The predicted molar refractivity (Wildman–Crippen MR) is 49.5 cm³/mol. The van der Waals surface area contributed by atoms with Crippen molar-refractivity contribution in [2.24, 2.45) is 0 Å². The molecule has 0 atom stereocenters. The highest BCUT2D eigenvalue weighted by Gasteiger charge is 2.16. The first kappa shape index (κ1) is 10.9. The zero-order valence-electron chi connectivity index (χ0n) is 7.68. The highest BCUT2D eigenvalue weighted by molar-refractivity contribution is 5.85. The summed E-state index contributed by atoms with van der Waals surface area (Å²) in [5.41, 5.74) is -0.650. The van der Waals surface area contributed by atoms with Gasteiger partial charge >= 0.3 is 6.09 Å². The van der Waals surface area contributed by atoms with Gasteiger partial charge in [0.05, 0.1) is 16.7 Å². The van der Waals surface area contributed by atoms with Crippen LogP contribution in [0.25, 0.3) is 0 Å². The van der Waals surface area contributed by atoms with Crippen LogP contribution >= 0.6 is 0 Å². The lowest BCUT2D eigenvalue weighted by Gasteiger charge is -2.13. The number of carboxylic acid groups (broad SMARTS) is 1. The van der Waals surface area contributed by atoms with Crippen LogP contribution in [0.1, 0.15) is 0 Å². The fraction of sp³-hybridized carbons (Fsp3) is 0.125. The number of hydrogen-bond donors (Lipinski definition) is 1. The van der Waals surface area contributed by atoms with Crippen molar-refractivity contribution in [3.63, 3.8) is 0 Å². The Morgan fingerprint density at radius 3 is 2.60 bits per heavy atom. The van der Waals surface area contributed by atoms with Crippen molar-refractivity contribution in [3.05, 3.63) is 34.1 Å². The number of benzene rings is 1. The van der Waals surface area contributed by atoms with E-state index in [0.717, 1.165) is 19.2 Å². The third kappa shape index (κ3) is 2.19. The highest BCUT2D eigenvalue weighted by atomic mass is 19.1. The maximum atomic E-state index is 13.2. The van der Waals surface area contributed by atoms with E-state index >= 15 is 0 Å².